The molecule has 0 amide bonds. The van der Waals surface area contributed by atoms with Crippen LogP contribution in [0.3, 0.4) is 0 Å². The fraction of sp³-hybridized carbons (Fsp3) is 1.00. The minimum atomic E-state index is -0.906. The van der Waals surface area contributed by atoms with E-state index in [0.717, 1.165) is 0 Å². The molecule has 0 fully saturated rings. The molecular weight excluding hydrogens is 271 g/mol. The van der Waals surface area contributed by atoms with Crippen molar-refractivity contribution in [2.24, 2.45) is 0 Å². The van der Waals surface area contributed by atoms with Crippen LogP contribution < -0.4 is 30.0 Å². The molecule has 0 radical (unpaired) electrons. The molecule has 0 aromatic heterocycles. The Kier molecular flexibility index (Phi) is 7.41. The van der Waals surface area contributed by atoms with Crippen LogP contribution in [0, 0.1) is 10.4 Å². The monoisotopic (exact) mass is 281 g/mol. The van der Waals surface area contributed by atoms with Gasteiger partial charge < -0.3 is 0 Å². The summed E-state index contributed by atoms with van der Waals surface area (Å²) >= 11 is -0.906. The van der Waals surface area contributed by atoms with Crippen molar-refractivity contribution in [3.8, 4) is 0 Å². The Morgan fingerprint density at radius 1 is 1.45 bits per heavy atom. The topological polar surface area (TPSA) is 82.7 Å². The Morgan fingerprint density at radius 3 is 2.55 bits per heavy atom. The number of alkyl halides is 1. The quantitative estimate of drug-likeness (QED) is 0.126. The molecular formula is C3H10IN2O5-. The number of hydrogen-bond acceptors (Lipinski definition) is 5. The van der Waals surface area contributed by atoms with Crippen LogP contribution in [-0.2, 0) is 14.9 Å². The van der Waals surface area contributed by atoms with E-state index in [1.807, 2.05) is 0 Å². The van der Waals surface area contributed by atoms with Gasteiger partial charge in [0.05, 0.1) is 0 Å². The number of rotatable bonds is 6. The zero-order valence-corrected chi connectivity index (χ0v) is 8.28. The summed E-state index contributed by atoms with van der Waals surface area (Å²) in [6.45, 7) is 0. The molecule has 0 bridgehead atoms. The second kappa shape index (κ2) is 7.12. The molecule has 2 N–H and O–H groups in total. The second-order valence-corrected chi connectivity index (χ2v) is 3.93. The van der Waals surface area contributed by atoms with Gasteiger partial charge in [-0.25, -0.2) is 0 Å². The van der Waals surface area contributed by atoms with Gasteiger partial charge in [0.15, 0.2) is 0 Å². The molecule has 8 heteroatoms. The molecule has 0 saturated carbocycles. The molecule has 0 aliphatic carbocycles. The summed E-state index contributed by atoms with van der Waals surface area (Å²) in [4.78, 5) is 8.09. The van der Waals surface area contributed by atoms with Crippen LogP contribution in [0.2, 0.25) is 0 Å². The van der Waals surface area contributed by atoms with Crippen LogP contribution in [0.15, 0.2) is 0 Å². The van der Waals surface area contributed by atoms with Crippen molar-refractivity contribution in [2.75, 3.05) is 18.7 Å². The van der Waals surface area contributed by atoms with E-state index in [4.69, 9.17) is 0 Å². The SMILES string of the molecule is COOO[NH+]([O-])[I-]C[NH+](C)[O-]. The van der Waals surface area contributed by atoms with Crippen molar-refractivity contribution in [3.63, 3.8) is 0 Å². The number of halogens is 1. The first-order chi connectivity index (χ1) is 5.16. The third kappa shape index (κ3) is 8.36. The van der Waals surface area contributed by atoms with E-state index in [-0.39, 0.29) is 9.61 Å². The van der Waals surface area contributed by atoms with Crippen LogP contribution in [-0.4, -0.2) is 18.7 Å². The predicted molar refractivity (Wildman–Crippen MR) is 28.6 cm³/mol. The Labute approximate surface area is 74.4 Å². The van der Waals surface area contributed by atoms with Crippen LogP contribution in [0.1, 0.15) is 0 Å². The summed E-state index contributed by atoms with van der Waals surface area (Å²) in [5.41, 5.74) is 0. The summed E-state index contributed by atoms with van der Waals surface area (Å²) in [7, 11) is 2.64. The van der Waals surface area contributed by atoms with Crippen molar-refractivity contribution in [1.82, 2.24) is 0 Å². The van der Waals surface area contributed by atoms with E-state index in [2.05, 4.69) is 14.9 Å². The first kappa shape index (κ1) is 11.4. The maximum absolute atomic E-state index is 10.6. The molecule has 0 aromatic rings. The molecule has 2 atom stereocenters. The van der Waals surface area contributed by atoms with Gasteiger partial charge >= 0.3 is 74.0 Å². The van der Waals surface area contributed by atoms with Gasteiger partial charge in [0.25, 0.3) is 0 Å². The fourth-order valence-corrected chi connectivity index (χ4v) is 1.28. The number of quaternary nitrogens is 2. The van der Waals surface area contributed by atoms with Crippen LogP contribution >= 0.6 is 0 Å². The van der Waals surface area contributed by atoms with E-state index in [1.54, 1.807) is 0 Å². The summed E-state index contributed by atoms with van der Waals surface area (Å²) in [5, 5.41) is 24.8. The second-order valence-electron chi connectivity index (χ2n) is 1.52. The third-order valence-corrected chi connectivity index (χ3v) is 2.79. The molecule has 0 saturated heterocycles. The number of hydrogen-bond donors (Lipinski definition) is 2. The van der Waals surface area contributed by atoms with Crippen LogP contribution in [0.4, 0.5) is 0 Å². The van der Waals surface area contributed by atoms with Gasteiger partial charge in [0.2, 0.25) is 0 Å². The molecule has 0 aliphatic heterocycles. The fourth-order valence-electron chi connectivity index (χ4n) is 0.232. The van der Waals surface area contributed by atoms with Gasteiger partial charge in [-0.3, -0.25) is 0 Å². The first-order valence-electron chi connectivity index (χ1n) is 2.66. The molecule has 0 aliphatic rings. The average molecular weight is 281 g/mol. The first-order valence-corrected chi connectivity index (χ1v) is 5.27. The van der Waals surface area contributed by atoms with Crippen molar-refractivity contribution in [2.45, 2.75) is 0 Å². The molecule has 70 valence electrons. The molecule has 0 spiro atoms. The third-order valence-electron chi connectivity index (χ3n) is 0.532. The van der Waals surface area contributed by atoms with Gasteiger partial charge in [-0.05, 0) is 0 Å². The van der Waals surface area contributed by atoms with Gasteiger partial charge in [-0.2, -0.15) is 0 Å². The molecule has 0 aromatic carbocycles. The number of hydroxylamine groups is 2. The Balaban J connectivity index is 3.15. The van der Waals surface area contributed by atoms with Gasteiger partial charge in [0, 0.05) is 0 Å². The van der Waals surface area contributed by atoms with E-state index in [9.17, 15) is 10.4 Å². The minimum absolute atomic E-state index is 0.0211. The van der Waals surface area contributed by atoms with E-state index < -0.39 is 24.9 Å². The van der Waals surface area contributed by atoms with Crippen LogP contribution in [0.5, 0.6) is 0 Å². The number of nitrogens with one attached hydrogen (secondary N) is 2. The van der Waals surface area contributed by atoms with Crippen LogP contribution in [0.25, 0.3) is 0 Å². The van der Waals surface area contributed by atoms with Gasteiger partial charge in [-0.15, -0.1) is 0 Å². The normalized spacial score (nSPS) is 16.7. The predicted octanol–water partition coefficient (Wildman–Crippen LogP) is -6.23. The average Bonchev–Trinajstić information content (AvgIpc) is 1.97. The molecule has 11 heavy (non-hydrogen) atoms. The Hall–Kier alpha value is 0.450. The Morgan fingerprint density at radius 2 is 2.09 bits per heavy atom. The van der Waals surface area contributed by atoms with Crippen molar-refractivity contribution in [1.29, 1.82) is 0 Å². The summed E-state index contributed by atoms with van der Waals surface area (Å²) in [5.74, 6) is 0. The van der Waals surface area contributed by atoms with Crippen molar-refractivity contribution < 1.29 is 44.9 Å². The van der Waals surface area contributed by atoms with E-state index >= 15 is 0 Å². The molecule has 7 nitrogen and oxygen atoms in total. The zero-order chi connectivity index (χ0) is 8.69. The summed E-state index contributed by atoms with van der Waals surface area (Å²) in [6.07, 6.45) is 0. The van der Waals surface area contributed by atoms with Gasteiger partial charge in [0.1, 0.15) is 0 Å². The zero-order valence-electron chi connectivity index (χ0n) is 6.13. The maximum atomic E-state index is 10.6. The van der Waals surface area contributed by atoms with Crippen molar-refractivity contribution in [3.05, 3.63) is 10.4 Å². The standard InChI is InChI=1S/C3H10IN2O5/c1-5(7)3-4-6(8)10-11-9-2/h5-6H,3H2,1-2H3/q-1. The summed E-state index contributed by atoms with van der Waals surface area (Å²) < 4.78 is -0.244. The molecule has 0 rings (SSSR count). The van der Waals surface area contributed by atoms with E-state index in [0.29, 0.717) is 0 Å². The van der Waals surface area contributed by atoms with Gasteiger partial charge in [-0.1, -0.05) is 0 Å². The van der Waals surface area contributed by atoms with Crippen molar-refractivity contribution >= 4 is 0 Å². The summed E-state index contributed by atoms with van der Waals surface area (Å²) in [6, 6.07) is 0. The Bertz CT molecular complexity index is 93.8. The molecule has 2 unspecified atom stereocenters. The van der Waals surface area contributed by atoms with E-state index in [1.165, 1.54) is 14.2 Å². The molecule has 0 heterocycles.